The SMILES string of the molecule is CC.O=c1[nH]ccc2c3nc(-c4cccc(Cl)c4)[nH]c3c3ccc(F)cc3c12. The predicted molar refractivity (Wildman–Crippen MR) is 113 cm³/mol. The quantitative estimate of drug-likeness (QED) is 0.341. The fourth-order valence-corrected chi connectivity index (χ4v) is 3.61. The van der Waals surface area contributed by atoms with Gasteiger partial charge in [-0.05, 0) is 36.4 Å². The summed E-state index contributed by atoms with van der Waals surface area (Å²) in [5.41, 5.74) is 1.99. The molecule has 5 aromatic rings. The maximum absolute atomic E-state index is 13.9. The first-order valence-corrected chi connectivity index (χ1v) is 9.38. The Hall–Kier alpha value is -3.18. The molecule has 0 aliphatic carbocycles. The van der Waals surface area contributed by atoms with Crippen LogP contribution >= 0.6 is 11.6 Å². The summed E-state index contributed by atoms with van der Waals surface area (Å²) in [6, 6.07) is 13.6. The number of fused-ring (bicyclic) bond motifs is 6. The zero-order valence-electron chi connectivity index (χ0n) is 15.3. The summed E-state index contributed by atoms with van der Waals surface area (Å²) in [7, 11) is 0. The molecular weight excluding hydrogens is 377 g/mol. The van der Waals surface area contributed by atoms with Crippen LogP contribution in [0.3, 0.4) is 0 Å². The van der Waals surface area contributed by atoms with Crippen molar-refractivity contribution in [3.05, 3.63) is 75.9 Å². The van der Waals surface area contributed by atoms with E-state index in [9.17, 15) is 9.18 Å². The van der Waals surface area contributed by atoms with Crippen molar-refractivity contribution in [2.24, 2.45) is 0 Å². The van der Waals surface area contributed by atoms with Crippen LogP contribution in [0.25, 0.3) is 44.0 Å². The number of rotatable bonds is 1. The largest absolute Gasteiger partial charge is 0.337 e. The maximum atomic E-state index is 13.9. The zero-order chi connectivity index (χ0) is 19.8. The minimum atomic E-state index is -0.393. The van der Waals surface area contributed by atoms with Gasteiger partial charge in [-0.2, -0.15) is 0 Å². The van der Waals surface area contributed by atoms with Crippen LogP contribution in [-0.2, 0) is 0 Å². The fourth-order valence-electron chi connectivity index (χ4n) is 3.42. The fraction of sp³-hybridized carbons (Fsp3) is 0.0909. The maximum Gasteiger partial charge on any atom is 0.256 e. The van der Waals surface area contributed by atoms with Gasteiger partial charge in [-0.1, -0.05) is 37.6 Å². The molecule has 2 heterocycles. The highest BCUT2D eigenvalue weighted by molar-refractivity contribution is 6.30. The van der Waals surface area contributed by atoms with Gasteiger partial charge in [-0.15, -0.1) is 0 Å². The Balaban J connectivity index is 0.000000932. The summed E-state index contributed by atoms with van der Waals surface area (Å²) in [6.45, 7) is 4.00. The average molecular weight is 394 g/mol. The molecule has 4 nitrogen and oxygen atoms in total. The van der Waals surface area contributed by atoms with E-state index in [1.165, 1.54) is 12.1 Å². The molecule has 2 aromatic heterocycles. The Morgan fingerprint density at radius 1 is 1.00 bits per heavy atom. The van der Waals surface area contributed by atoms with Gasteiger partial charge >= 0.3 is 0 Å². The lowest BCUT2D eigenvalue weighted by molar-refractivity contribution is 0.630. The van der Waals surface area contributed by atoms with Gasteiger partial charge in [-0.3, -0.25) is 4.79 Å². The van der Waals surface area contributed by atoms with Crippen LogP contribution < -0.4 is 5.56 Å². The van der Waals surface area contributed by atoms with E-state index in [-0.39, 0.29) is 5.56 Å². The minimum Gasteiger partial charge on any atom is -0.337 e. The number of pyridine rings is 1. The van der Waals surface area contributed by atoms with Crippen LogP contribution in [0.4, 0.5) is 4.39 Å². The second-order valence-electron chi connectivity index (χ2n) is 6.10. The molecule has 0 amide bonds. The Kier molecular flexibility index (Phi) is 4.61. The molecule has 0 aliphatic heterocycles. The number of hydrogen-bond donors (Lipinski definition) is 2. The molecule has 0 saturated heterocycles. The number of hydrogen-bond acceptors (Lipinski definition) is 2. The van der Waals surface area contributed by atoms with E-state index in [0.29, 0.717) is 32.5 Å². The standard InChI is InChI=1S/C20H11ClFN3O.C2H6/c21-11-3-1-2-10(8-11)19-24-17-13-5-4-12(22)9-15(13)16-14(18(17)25-19)6-7-23-20(16)26;1-2/h1-9H,(H,23,26)(H,24,25);1-2H3. The van der Waals surface area contributed by atoms with Crippen molar-refractivity contribution in [2.45, 2.75) is 13.8 Å². The van der Waals surface area contributed by atoms with Crippen LogP contribution in [0.15, 0.2) is 59.5 Å². The Morgan fingerprint density at radius 3 is 2.61 bits per heavy atom. The van der Waals surface area contributed by atoms with Crippen LogP contribution in [-0.4, -0.2) is 15.0 Å². The molecule has 5 rings (SSSR count). The number of nitrogens with zero attached hydrogens (tertiary/aromatic N) is 1. The molecule has 0 saturated carbocycles. The summed E-state index contributed by atoms with van der Waals surface area (Å²) >= 11 is 6.09. The van der Waals surface area contributed by atoms with Crippen molar-refractivity contribution < 1.29 is 4.39 Å². The number of halogens is 2. The van der Waals surface area contributed by atoms with Crippen molar-refractivity contribution in [2.75, 3.05) is 0 Å². The number of imidazole rings is 1. The first-order chi connectivity index (χ1) is 13.6. The molecule has 0 fully saturated rings. The molecule has 0 atom stereocenters. The average Bonchev–Trinajstić information content (AvgIpc) is 3.15. The van der Waals surface area contributed by atoms with Gasteiger partial charge in [0.25, 0.3) is 5.56 Å². The van der Waals surface area contributed by atoms with Gasteiger partial charge in [-0.25, -0.2) is 9.37 Å². The lowest BCUT2D eigenvalue weighted by Crippen LogP contribution is -2.05. The van der Waals surface area contributed by atoms with Crippen molar-refractivity contribution >= 4 is 44.2 Å². The molecule has 0 unspecified atom stereocenters. The van der Waals surface area contributed by atoms with Crippen LogP contribution in [0, 0.1) is 5.82 Å². The predicted octanol–water partition coefficient (Wildman–Crippen LogP) is 6.04. The van der Waals surface area contributed by atoms with Crippen molar-refractivity contribution in [1.82, 2.24) is 15.0 Å². The van der Waals surface area contributed by atoms with Crippen molar-refractivity contribution in [3.63, 3.8) is 0 Å². The first-order valence-electron chi connectivity index (χ1n) is 9.00. The van der Waals surface area contributed by atoms with Gasteiger partial charge in [0, 0.05) is 32.9 Å². The summed E-state index contributed by atoms with van der Waals surface area (Å²) in [4.78, 5) is 23.1. The normalized spacial score (nSPS) is 11.0. The molecule has 2 N–H and O–H groups in total. The van der Waals surface area contributed by atoms with Gasteiger partial charge in [0.2, 0.25) is 0 Å². The summed E-state index contributed by atoms with van der Waals surface area (Å²) in [5.74, 6) is 0.247. The first kappa shape index (κ1) is 18.2. The van der Waals surface area contributed by atoms with E-state index in [1.54, 1.807) is 24.4 Å². The highest BCUT2D eigenvalue weighted by Gasteiger charge is 2.16. The van der Waals surface area contributed by atoms with Crippen LogP contribution in [0.2, 0.25) is 5.02 Å². The molecule has 0 bridgehead atoms. The van der Waals surface area contributed by atoms with E-state index in [1.807, 2.05) is 32.0 Å². The van der Waals surface area contributed by atoms with Crippen LogP contribution in [0.5, 0.6) is 0 Å². The second kappa shape index (κ2) is 7.09. The summed E-state index contributed by atoms with van der Waals surface area (Å²) in [6.07, 6.45) is 1.57. The third-order valence-electron chi connectivity index (χ3n) is 4.54. The topological polar surface area (TPSA) is 61.5 Å². The van der Waals surface area contributed by atoms with Gasteiger partial charge in [0.15, 0.2) is 0 Å². The number of benzene rings is 3. The highest BCUT2D eigenvalue weighted by atomic mass is 35.5. The monoisotopic (exact) mass is 393 g/mol. The number of nitrogens with one attached hydrogen (secondary N) is 2. The molecule has 0 spiro atoms. The number of aromatic nitrogens is 3. The minimum absolute atomic E-state index is 0.271. The second-order valence-corrected chi connectivity index (χ2v) is 6.54. The molecular formula is C22H17ClFN3O. The van der Waals surface area contributed by atoms with E-state index in [4.69, 9.17) is 16.6 Å². The molecule has 140 valence electrons. The summed E-state index contributed by atoms with van der Waals surface area (Å²) in [5, 5.41) is 3.00. The van der Waals surface area contributed by atoms with Gasteiger partial charge in [0.1, 0.15) is 11.6 Å². The highest BCUT2D eigenvalue weighted by Crippen LogP contribution is 2.34. The van der Waals surface area contributed by atoms with Crippen molar-refractivity contribution in [3.8, 4) is 11.4 Å². The lowest BCUT2D eigenvalue weighted by Gasteiger charge is -2.05. The molecule has 0 aliphatic rings. The van der Waals surface area contributed by atoms with E-state index < -0.39 is 5.82 Å². The molecule has 3 aromatic carbocycles. The molecule has 0 radical (unpaired) electrons. The third kappa shape index (κ3) is 2.84. The summed E-state index contributed by atoms with van der Waals surface area (Å²) < 4.78 is 13.9. The Labute approximate surface area is 165 Å². The van der Waals surface area contributed by atoms with Crippen LogP contribution in [0.1, 0.15) is 13.8 Å². The smallest absolute Gasteiger partial charge is 0.256 e. The number of H-pyrrole nitrogens is 2. The molecule has 28 heavy (non-hydrogen) atoms. The van der Waals surface area contributed by atoms with E-state index in [2.05, 4.69) is 9.97 Å². The van der Waals surface area contributed by atoms with Gasteiger partial charge in [0.05, 0.1) is 16.4 Å². The van der Waals surface area contributed by atoms with E-state index in [0.717, 1.165) is 16.5 Å². The van der Waals surface area contributed by atoms with Crippen molar-refractivity contribution in [1.29, 1.82) is 0 Å². The molecule has 6 heteroatoms. The Bertz CT molecular complexity index is 1390. The Morgan fingerprint density at radius 2 is 1.82 bits per heavy atom. The van der Waals surface area contributed by atoms with Gasteiger partial charge < -0.3 is 9.97 Å². The number of aromatic amines is 2. The zero-order valence-corrected chi connectivity index (χ0v) is 16.1. The van der Waals surface area contributed by atoms with E-state index >= 15 is 0 Å². The third-order valence-corrected chi connectivity index (χ3v) is 4.77. The lowest BCUT2D eigenvalue weighted by atomic mass is 10.0.